The molecule has 2 heterocycles. The molecule has 2 N–H and O–H groups in total. The lowest BCUT2D eigenvalue weighted by Crippen LogP contribution is -2.39. The van der Waals surface area contributed by atoms with Crippen molar-refractivity contribution in [1.29, 1.82) is 0 Å². The van der Waals surface area contributed by atoms with E-state index >= 15 is 0 Å². The van der Waals surface area contributed by atoms with E-state index in [9.17, 15) is 10.1 Å². The van der Waals surface area contributed by atoms with E-state index in [1.165, 1.54) is 6.07 Å². The molecular formula is C13H21N5O3. The van der Waals surface area contributed by atoms with Crippen molar-refractivity contribution in [2.75, 3.05) is 56.6 Å². The first-order chi connectivity index (χ1) is 10.2. The third kappa shape index (κ3) is 4.54. The molecule has 8 heteroatoms. The molecule has 0 saturated carbocycles. The fourth-order valence-corrected chi connectivity index (χ4v) is 2.17. The summed E-state index contributed by atoms with van der Waals surface area (Å²) in [4.78, 5) is 17.1. The van der Waals surface area contributed by atoms with E-state index in [-0.39, 0.29) is 5.69 Å². The first kappa shape index (κ1) is 15.5. The zero-order chi connectivity index (χ0) is 15.1. The molecule has 0 amide bonds. The van der Waals surface area contributed by atoms with E-state index in [0.717, 1.165) is 39.4 Å². The summed E-state index contributed by atoms with van der Waals surface area (Å²) in [5.41, 5.74) is -0.00127. The summed E-state index contributed by atoms with van der Waals surface area (Å²) in [5, 5.41) is 17.2. The fourth-order valence-electron chi connectivity index (χ4n) is 2.17. The number of aromatic nitrogens is 1. The predicted molar refractivity (Wildman–Crippen MR) is 80.8 cm³/mol. The second-order valence-corrected chi connectivity index (χ2v) is 4.73. The van der Waals surface area contributed by atoms with E-state index < -0.39 is 4.92 Å². The highest BCUT2D eigenvalue weighted by atomic mass is 16.6. The molecule has 1 aromatic rings. The lowest BCUT2D eigenvalue weighted by molar-refractivity contribution is -0.384. The van der Waals surface area contributed by atoms with Crippen LogP contribution < -0.4 is 10.6 Å². The van der Waals surface area contributed by atoms with Crippen LogP contribution in [0.5, 0.6) is 0 Å². The summed E-state index contributed by atoms with van der Waals surface area (Å²) < 4.78 is 5.29. The molecule has 1 aliphatic rings. The van der Waals surface area contributed by atoms with Crippen molar-refractivity contribution in [3.63, 3.8) is 0 Å². The number of rotatable bonds is 7. The van der Waals surface area contributed by atoms with Crippen LogP contribution in [-0.4, -0.2) is 60.7 Å². The summed E-state index contributed by atoms with van der Waals surface area (Å²) in [6.07, 6.45) is 0. The third-order valence-corrected chi connectivity index (χ3v) is 3.25. The Balaban J connectivity index is 1.95. The first-order valence-electron chi connectivity index (χ1n) is 7.14. The molecule has 0 unspecified atom stereocenters. The Morgan fingerprint density at radius 1 is 1.38 bits per heavy atom. The summed E-state index contributed by atoms with van der Waals surface area (Å²) in [6, 6.07) is 3.09. The molecule has 0 aromatic carbocycles. The van der Waals surface area contributed by atoms with Crippen LogP contribution in [0.15, 0.2) is 12.1 Å². The second kappa shape index (κ2) is 7.75. The van der Waals surface area contributed by atoms with Gasteiger partial charge in [0.15, 0.2) is 0 Å². The Kier molecular flexibility index (Phi) is 5.70. The third-order valence-electron chi connectivity index (χ3n) is 3.25. The van der Waals surface area contributed by atoms with Gasteiger partial charge in [-0.25, -0.2) is 4.98 Å². The van der Waals surface area contributed by atoms with Gasteiger partial charge in [-0.15, -0.1) is 0 Å². The van der Waals surface area contributed by atoms with Gasteiger partial charge in [-0.3, -0.25) is 15.0 Å². The Labute approximate surface area is 123 Å². The minimum atomic E-state index is -0.417. The SMILES string of the molecule is CCNc1ccc([N+](=O)[O-])c(NCCN2CCOCC2)n1. The lowest BCUT2D eigenvalue weighted by Gasteiger charge is -2.26. The number of ether oxygens (including phenoxy) is 1. The van der Waals surface area contributed by atoms with Crippen molar-refractivity contribution in [3.05, 3.63) is 22.2 Å². The molecule has 0 bridgehead atoms. The molecule has 21 heavy (non-hydrogen) atoms. The number of hydrogen-bond acceptors (Lipinski definition) is 7. The Bertz CT molecular complexity index is 477. The Morgan fingerprint density at radius 3 is 2.81 bits per heavy atom. The molecule has 2 rings (SSSR count). The van der Waals surface area contributed by atoms with Crippen LogP contribution >= 0.6 is 0 Å². The van der Waals surface area contributed by atoms with Gasteiger partial charge in [-0.2, -0.15) is 0 Å². The quantitative estimate of drug-likeness (QED) is 0.576. The number of nitro groups is 1. The zero-order valence-electron chi connectivity index (χ0n) is 12.2. The molecule has 1 saturated heterocycles. The highest BCUT2D eigenvalue weighted by molar-refractivity contribution is 5.60. The van der Waals surface area contributed by atoms with Gasteiger partial charge in [-0.05, 0) is 13.0 Å². The fraction of sp³-hybridized carbons (Fsp3) is 0.615. The highest BCUT2D eigenvalue weighted by Crippen LogP contribution is 2.23. The minimum absolute atomic E-state index is 0.00127. The van der Waals surface area contributed by atoms with Gasteiger partial charge in [0.05, 0.1) is 18.1 Å². The van der Waals surface area contributed by atoms with Gasteiger partial charge in [0.1, 0.15) is 5.82 Å². The molecule has 116 valence electrons. The summed E-state index contributed by atoms with van der Waals surface area (Å²) in [6.45, 7) is 7.38. The smallest absolute Gasteiger partial charge is 0.311 e. The molecular weight excluding hydrogens is 274 g/mol. The van der Waals surface area contributed by atoms with Gasteiger partial charge in [0.2, 0.25) is 5.82 Å². The predicted octanol–water partition coefficient (Wildman–Crippen LogP) is 1.17. The largest absolute Gasteiger partial charge is 0.379 e. The molecule has 0 spiro atoms. The first-order valence-corrected chi connectivity index (χ1v) is 7.14. The average Bonchev–Trinajstić information content (AvgIpc) is 2.49. The number of pyridine rings is 1. The van der Waals surface area contributed by atoms with Crippen molar-refractivity contribution >= 4 is 17.3 Å². The maximum absolute atomic E-state index is 11.0. The van der Waals surface area contributed by atoms with E-state index in [1.807, 2.05) is 6.92 Å². The van der Waals surface area contributed by atoms with Crippen LogP contribution in [0.4, 0.5) is 17.3 Å². The highest BCUT2D eigenvalue weighted by Gasteiger charge is 2.16. The monoisotopic (exact) mass is 295 g/mol. The van der Waals surface area contributed by atoms with Crippen LogP contribution in [-0.2, 0) is 4.74 Å². The molecule has 0 aliphatic carbocycles. The Morgan fingerprint density at radius 2 is 2.14 bits per heavy atom. The van der Waals surface area contributed by atoms with Gasteiger partial charge in [-0.1, -0.05) is 0 Å². The minimum Gasteiger partial charge on any atom is -0.379 e. The maximum atomic E-state index is 11.0. The number of hydrogen-bond donors (Lipinski definition) is 2. The van der Waals surface area contributed by atoms with Crippen molar-refractivity contribution in [3.8, 4) is 0 Å². The number of morpholine rings is 1. The summed E-state index contributed by atoms with van der Waals surface area (Å²) in [5.74, 6) is 0.948. The van der Waals surface area contributed by atoms with Crippen LogP contribution in [0.3, 0.4) is 0 Å². The van der Waals surface area contributed by atoms with Crippen LogP contribution in [0.2, 0.25) is 0 Å². The van der Waals surface area contributed by atoms with Crippen LogP contribution in [0.25, 0.3) is 0 Å². The summed E-state index contributed by atoms with van der Waals surface area (Å²) >= 11 is 0. The van der Waals surface area contributed by atoms with Gasteiger partial charge < -0.3 is 15.4 Å². The number of nitrogens with zero attached hydrogens (tertiary/aromatic N) is 3. The van der Waals surface area contributed by atoms with E-state index in [2.05, 4.69) is 20.5 Å². The van der Waals surface area contributed by atoms with Gasteiger partial charge in [0.25, 0.3) is 0 Å². The average molecular weight is 295 g/mol. The van der Waals surface area contributed by atoms with Gasteiger partial charge in [0, 0.05) is 38.8 Å². The Hall–Kier alpha value is -1.93. The zero-order valence-corrected chi connectivity index (χ0v) is 12.2. The van der Waals surface area contributed by atoms with Crippen LogP contribution in [0.1, 0.15) is 6.92 Å². The van der Waals surface area contributed by atoms with E-state index in [0.29, 0.717) is 18.2 Å². The molecule has 1 fully saturated rings. The van der Waals surface area contributed by atoms with Crippen molar-refractivity contribution in [2.45, 2.75) is 6.92 Å². The normalized spacial score (nSPS) is 15.7. The molecule has 1 aromatic heterocycles. The molecule has 0 atom stereocenters. The van der Waals surface area contributed by atoms with Crippen molar-refractivity contribution in [1.82, 2.24) is 9.88 Å². The van der Waals surface area contributed by atoms with Gasteiger partial charge >= 0.3 is 5.69 Å². The topological polar surface area (TPSA) is 92.6 Å². The van der Waals surface area contributed by atoms with Crippen LogP contribution in [0, 0.1) is 10.1 Å². The molecule has 1 aliphatic heterocycles. The lowest BCUT2D eigenvalue weighted by atomic mass is 10.3. The van der Waals surface area contributed by atoms with E-state index in [4.69, 9.17) is 4.74 Å². The summed E-state index contributed by atoms with van der Waals surface area (Å²) in [7, 11) is 0. The van der Waals surface area contributed by atoms with Crippen molar-refractivity contribution in [2.24, 2.45) is 0 Å². The molecule has 0 radical (unpaired) electrons. The molecule has 8 nitrogen and oxygen atoms in total. The number of anilines is 2. The maximum Gasteiger partial charge on any atom is 0.311 e. The standard InChI is InChI=1S/C13H21N5O3/c1-2-14-12-4-3-11(18(19)20)13(16-12)15-5-6-17-7-9-21-10-8-17/h3-4H,2,5-10H2,1H3,(H2,14,15,16). The second-order valence-electron chi connectivity index (χ2n) is 4.73. The number of nitrogens with one attached hydrogen (secondary N) is 2. The van der Waals surface area contributed by atoms with Crippen molar-refractivity contribution < 1.29 is 9.66 Å². The van der Waals surface area contributed by atoms with E-state index in [1.54, 1.807) is 6.07 Å².